The Hall–Kier alpha value is -3.04. The zero-order valence-electron chi connectivity index (χ0n) is 17.0. The maximum Gasteiger partial charge on any atom is 0.318 e. The Kier molecular flexibility index (Phi) is 7.54. The molecule has 0 radical (unpaired) electrons. The molecule has 0 aliphatic carbocycles. The third kappa shape index (κ3) is 5.99. The van der Waals surface area contributed by atoms with Gasteiger partial charge < -0.3 is 10.5 Å². The molecule has 162 valence electrons. The third-order valence-electron chi connectivity index (χ3n) is 4.24. The van der Waals surface area contributed by atoms with E-state index in [1.165, 1.54) is 11.8 Å². The zero-order chi connectivity index (χ0) is 22.4. The minimum atomic E-state index is -0.891. The molecule has 0 unspecified atom stereocenters. The molecule has 3 amide bonds. The smallest absolute Gasteiger partial charge is 0.318 e. The number of ether oxygens (including phenoxy) is 1. The Bertz CT molecular complexity index is 1040. The normalized spacial score (nSPS) is 11.9. The van der Waals surface area contributed by atoms with Crippen LogP contribution in [0.25, 0.3) is 5.69 Å². The lowest BCUT2D eigenvalue weighted by molar-refractivity contribution is -0.120. The van der Waals surface area contributed by atoms with E-state index in [0.717, 1.165) is 5.69 Å². The highest BCUT2D eigenvalue weighted by atomic mass is 35.5. The molecular weight excluding hydrogens is 438 g/mol. The molecule has 0 aliphatic heterocycles. The number of aromatic nitrogens is 3. The molecule has 3 rings (SSSR count). The van der Waals surface area contributed by atoms with Crippen LogP contribution < -0.4 is 15.8 Å². The number of hydrogen-bond acceptors (Lipinski definition) is 6. The van der Waals surface area contributed by atoms with Gasteiger partial charge in [0.2, 0.25) is 5.91 Å². The number of rotatable bonds is 8. The van der Waals surface area contributed by atoms with E-state index in [2.05, 4.69) is 15.5 Å². The summed E-state index contributed by atoms with van der Waals surface area (Å²) in [5.41, 5.74) is 5.94. The number of primary amides is 1. The van der Waals surface area contributed by atoms with Gasteiger partial charge in [-0.2, -0.15) is 0 Å². The van der Waals surface area contributed by atoms with Gasteiger partial charge in [-0.3, -0.25) is 14.7 Å². The summed E-state index contributed by atoms with van der Waals surface area (Å²) in [7, 11) is 0. The molecule has 2 aromatic carbocycles. The number of carbonyl (C=O) groups excluding carboxylic acids is 2. The van der Waals surface area contributed by atoms with Crippen molar-refractivity contribution in [2.24, 2.45) is 11.7 Å². The predicted octanol–water partition coefficient (Wildman–Crippen LogP) is 3.81. The first-order chi connectivity index (χ1) is 14.8. The minimum Gasteiger partial charge on any atom is -0.486 e. The number of amides is 3. The quantitative estimate of drug-likeness (QED) is 0.495. The highest BCUT2D eigenvalue weighted by Gasteiger charge is 2.28. The van der Waals surface area contributed by atoms with Crippen LogP contribution in [0.4, 0.5) is 4.79 Å². The van der Waals surface area contributed by atoms with Gasteiger partial charge in [0, 0.05) is 10.7 Å². The second-order valence-electron chi connectivity index (χ2n) is 6.95. The fourth-order valence-electron chi connectivity index (χ4n) is 2.78. The summed E-state index contributed by atoms with van der Waals surface area (Å²) >= 11 is 7.13. The van der Waals surface area contributed by atoms with Crippen LogP contribution in [-0.2, 0) is 11.4 Å². The number of hydrogen-bond donors (Lipinski definition) is 2. The minimum absolute atomic E-state index is 0.0842. The number of nitrogens with zero attached hydrogens (tertiary/aromatic N) is 3. The maximum atomic E-state index is 12.5. The van der Waals surface area contributed by atoms with E-state index >= 15 is 0 Å². The molecule has 1 heterocycles. The molecule has 0 fully saturated rings. The summed E-state index contributed by atoms with van der Waals surface area (Å²) < 4.78 is 7.67. The number of halogens is 1. The Balaban J connectivity index is 1.90. The molecule has 31 heavy (non-hydrogen) atoms. The number of nitrogens with one attached hydrogen (secondary N) is 1. The van der Waals surface area contributed by atoms with Crippen molar-refractivity contribution in [3.05, 3.63) is 65.4 Å². The summed E-state index contributed by atoms with van der Waals surface area (Å²) in [6, 6.07) is 15.6. The van der Waals surface area contributed by atoms with Gasteiger partial charge in [-0.15, -0.1) is 10.2 Å². The third-order valence-corrected chi connectivity index (χ3v) is 5.98. The summed E-state index contributed by atoms with van der Waals surface area (Å²) in [5, 5.41) is 11.2. The Morgan fingerprint density at radius 2 is 1.81 bits per heavy atom. The maximum absolute atomic E-state index is 12.5. The largest absolute Gasteiger partial charge is 0.486 e. The highest BCUT2D eigenvalue weighted by molar-refractivity contribution is 8.00. The SMILES string of the molecule is CC(C)[C@H](Sc1nnc(COc2ccc(Cl)cc2)n1-c1ccccc1)C(=O)NC(N)=O. The van der Waals surface area contributed by atoms with Crippen LogP contribution in [0.15, 0.2) is 59.8 Å². The van der Waals surface area contributed by atoms with E-state index < -0.39 is 17.2 Å². The summed E-state index contributed by atoms with van der Waals surface area (Å²) in [6.07, 6.45) is 0. The Morgan fingerprint density at radius 3 is 2.42 bits per heavy atom. The lowest BCUT2D eigenvalue weighted by Gasteiger charge is -2.19. The van der Waals surface area contributed by atoms with Gasteiger partial charge >= 0.3 is 6.03 Å². The average molecular weight is 460 g/mol. The molecule has 1 aromatic heterocycles. The lowest BCUT2D eigenvalue weighted by atomic mass is 10.1. The second kappa shape index (κ2) is 10.3. The molecule has 3 N–H and O–H groups in total. The molecule has 0 saturated heterocycles. The fourth-order valence-corrected chi connectivity index (χ4v) is 3.98. The van der Waals surface area contributed by atoms with Crippen molar-refractivity contribution in [2.75, 3.05) is 0 Å². The van der Waals surface area contributed by atoms with Crippen molar-refractivity contribution >= 4 is 35.3 Å². The number of imide groups is 1. The van der Waals surface area contributed by atoms with Crippen molar-refractivity contribution in [1.29, 1.82) is 0 Å². The first kappa shape index (κ1) is 22.6. The van der Waals surface area contributed by atoms with Crippen LogP contribution in [0.1, 0.15) is 19.7 Å². The predicted molar refractivity (Wildman–Crippen MR) is 119 cm³/mol. The molecule has 0 aliphatic rings. The molecule has 0 bridgehead atoms. The average Bonchev–Trinajstić information content (AvgIpc) is 3.14. The number of thioether (sulfide) groups is 1. The van der Waals surface area contributed by atoms with E-state index in [0.29, 0.717) is 21.8 Å². The number of carbonyl (C=O) groups is 2. The summed E-state index contributed by atoms with van der Waals surface area (Å²) in [5.74, 6) is 0.636. The number of benzene rings is 2. The van der Waals surface area contributed by atoms with Crippen molar-refractivity contribution in [3.63, 3.8) is 0 Å². The van der Waals surface area contributed by atoms with Crippen LogP contribution in [0.5, 0.6) is 5.75 Å². The number of urea groups is 1. The van der Waals surface area contributed by atoms with Gasteiger partial charge in [-0.05, 0) is 42.3 Å². The second-order valence-corrected chi connectivity index (χ2v) is 8.49. The van der Waals surface area contributed by atoms with Crippen LogP contribution in [0.2, 0.25) is 5.02 Å². The molecule has 0 saturated carbocycles. The molecule has 10 heteroatoms. The van der Waals surface area contributed by atoms with Crippen molar-refractivity contribution in [1.82, 2.24) is 20.1 Å². The Labute approximate surface area is 189 Å². The molecule has 3 aromatic rings. The topological polar surface area (TPSA) is 112 Å². The summed E-state index contributed by atoms with van der Waals surface area (Å²) in [4.78, 5) is 23.6. The lowest BCUT2D eigenvalue weighted by Crippen LogP contribution is -2.42. The van der Waals surface area contributed by atoms with E-state index in [1.54, 1.807) is 24.3 Å². The van der Waals surface area contributed by atoms with Gasteiger partial charge in [0.25, 0.3) is 0 Å². The van der Waals surface area contributed by atoms with Gasteiger partial charge in [0.05, 0.1) is 5.25 Å². The van der Waals surface area contributed by atoms with E-state index in [-0.39, 0.29) is 12.5 Å². The highest BCUT2D eigenvalue weighted by Crippen LogP contribution is 2.30. The molecule has 1 atom stereocenters. The van der Waals surface area contributed by atoms with Crippen LogP contribution in [-0.4, -0.2) is 32.0 Å². The fraction of sp³-hybridized carbons (Fsp3) is 0.238. The standard InChI is InChI=1S/C21H22ClN5O3S/c1-13(2)18(19(28)24-20(23)29)31-21-26-25-17(27(21)15-6-4-3-5-7-15)12-30-16-10-8-14(22)9-11-16/h3-11,13,18H,12H2,1-2H3,(H3,23,24,28,29)/t18-/m0/s1. The monoisotopic (exact) mass is 459 g/mol. The van der Waals surface area contributed by atoms with Crippen molar-refractivity contribution in [3.8, 4) is 11.4 Å². The van der Waals surface area contributed by atoms with Crippen LogP contribution >= 0.6 is 23.4 Å². The van der Waals surface area contributed by atoms with Gasteiger partial charge in [-0.1, -0.05) is 55.4 Å². The molecule has 8 nitrogen and oxygen atoms in total. The van der Waals surface area contributed by atoms with E-state index in [4.69, 9.17) is 22.1 Å². The van der Waals surface area contributed by atoms with Gasteiger partial charge in [0.15, 0.2) is 11.0 Å². The molecule has 0 spiro atoms. The van der Waals surface area contributed by atoms with Crippen LogP contribution in [0.3, 0.4) is 0 Å². The summed E-state index contributed by atoms with van der Waals surface area (Å²) in [6.45, 7) is 3.92. The van der Waals surface area contributed by atoms with E-state index in [1.807, 2.05) is 48.7 Å². The zero-order valence-corrected chi connectivity index (χ0v) is 18.6. The first-order valence-electron chi connectivity index (χ1n) is 9.50. The Morgan fingerprint density at radius 1 is 1.13 bits per heavy atom. The molecular formula is C21H22ClN5O3S. The number of nitrogens with two attached hydrogens (primary N) is 1. The first-order valence-corrected chi connectivity index (χ1v) is 10.8. The number of para-hydroxylation sites is 1. The van der Waals surface area contributed by atoms with Gasteiger partial charge in [0.1, 0.15) is 12.4 Å². The van der Waals surface area contributed by atoms with Crippen molar-refractivity contribution < 1.29 is 14.3 Å². The van der Waals surface area contributed by atoms with Crippen LogP contribution in [0, 0.1) is 5.92 Å². The van der Waals surface area contributed by atoms with Gasteiger partial charge in [-0.25, -0.2) is 4.79 Å². The van der Waals surface area contributed by atoms with E-state index in [9.17, 15) is 9.59 Å². The van der Waals surface area contributed by atoms with Crippen molar-refractivity contribution in [2.45, 2.75) is 30.9 Å².